The van der Waals surface area contributed by atoms with Crippen LogP contribution in [0.4, 0.5) is 0 Å². The van der Waals surface area contributed by atoms with Crippen LogP contribution in [0, 0.1) is 0 Å². The Labute approximate surface area is 218 Å². The number of rotatable bonds is 10. The first kappa shape index (κ1) is 25.3. The summed E-state index contributed by atoms with van der Waals surface area (Å²) >= 11 is 7.33. The number of hydrogen-bond donors (Lipinski definition) is 1. The number of amides is 1. The largest absolute Gasteiger partial charge is 0.496 e. The minimum absolute atomic E-state index is 0.0963. The molecule has 0 atom stereocenters. The van der Waals surface area contributed by atoms with E-state index in [0.29, 0.717) is 28.4 Å². The van der Waals surface area contributed by atoms with Crippen LogP contribution in [-0.2, 0) is 4.79 Å². The van der Waals surface area contributed by atoms with Gasteiger partial charge < -0.3 is 9.47 Å². The van der Waals surface area contributed by atoms with E-state index in [1.807, 2.05) is 72.2 Å². The molecule has 184 valence electrons. The summed E-state index contributed by atoms with van der Waals surface area (Å²) in [6.45, 7) is 2.52. The summed E-state index contributed by atoms with van der Waals surface area (Å²) in [6.07, 6.45) is 1.54. The summed E-state index contributed by atoms with van der Waals surface area (Å²) in [5.74, 6) is 1.89. The summed E-state index contributed by atoms with van der Waals surface area (Å²) < 4.78 is 12.8. The summed E-state index contributed by atoms with van der Waals surface area (Å²) in [5.41, 5.74) is 4.99. The number of methoxy groups -OCH3 is 1. The van der Waals surface area contributed by atoms with Crippen molar-refractivity contribution in [3.63, 3.8) is 0 Å². The molecule has 0 radical (unpaired) electrons. The monoisotopic (exact) mass is 521 g/mol. The van der Waals surface area contributed by atoms with E-state index in [0.717, 1.165) is 22.6 Å². The topological polar surface area (TPSA) is 90.6 Å². The predicted octanol–water partition coefficient (Wildman–Crippen LogP) is 5.24. The number of hydrogen-bond acceptors (Lipinski definition) is 7. The third-order valence-electron chi connectivity index (χ3n) is 5.01. The van der Waals surface area contributed by atoms with E-state index in [1.165, 1.54) is 11.8 Å². The van der Waals surface area contributed by atoms with Gasteiger partial charge in [0.05, 0.1) is 25.7 Å². The van der Waals surface area contributed by atoms with Gasteiger partial charge in [0.25, 0.3) is 5.91 Å². The lowest BCUT2D eigenvalue weighted by atomic mass is 10.2. The normalized spacial score (nSPS) is 11.0. The SMILES string of the molecule is CCOc1ccc(-n2c(SCC(=O)NN=Cc3ccccc3OC)nnc2-c2ccc(Cl)cc2)cc1. The molecule has 4 aromatic rings. The fourth-order valence-electron chi connectivity index (χ4n) is 3.35. The average molecular weight is 522 g/mol. The highest BCUT2D eigenvalue weighted by Gasteiger charge is 2.17. The Bertz CT molecular complexity index is 1340. The third-order valence-corrected chi connectivity index (χ3v) is 6.19. The van der Waals surface area contributed by atoms with E-state index >= 15 is 0 Å². The first-order valence-electron chi connectivity index (χ1n) is 11.1. The fourth-order valence-corrected chi connectivity index (χ4v) is 4.22. The second kappa shape index (κ2) is 12.2. The Morgan fingerprint density at radius 3 is 2.56 bits per heavy atom. The molecule has 1 heterocycles. The predicted molar refractivity (Wildman–Crippen MR) is 142 cm³/mol. The molecule has 0 saturated heterocycles. The molecule has 36 heavy (non-hydrogen) atoms. The molecule has 0 aliphatic heterocycles. The first-order valence-corrected chi connectivity index (χ1v) is 12.5. The molecule has 0 bridgehead atoms. The summed E-state index contributed by atoms with van der Waals surface area (Å²) in [4.78, 5) is 12.5. The van der Waals surface area contributed by atoms with Crippen LogP contribution in [0.5, 0.6) is 11.5 Å². The zero-order chi connectivity index (χ0) is 25.3. The number of carbonyl (C=O) groups is 1. The molecule has 1 aromatic heterocycles. The fraction of sp³-hybridized carbons (Fsp3) is 0.154. The van der Waals surface area contributed by atoms with Crippen molar-refractivity contribution in [2.45, 2.75) is 12.1 Å². The van der Waals surface area contributed by atoms with E-state index < -0.39 is 0 Å². The molecule has 8 nitrogen and oxygen atoms in total. The maximum absolute atomic E-state index is 12.5. The van der Waals surface area contributed by atoms with Gasteiger partial charge >= 0.3 is 0 Å². The molecule has 0 aliphatic carbocycles. The molecule has 0 aliphatic rings. The van der Waals surface area contributed by atoms with Gasteiger partial charge in [0.2, 0.25) is 0 Å². The van der Waals surface area contributed by atoms with Crippen molar-refractivity contribution in [1.29, 1.82) is 0 Å². The van der Waals surface area contributed by atoms with Gasteiger partial charge in [-0.3, -0.25) is 9.36 Å². The zero-order valence-electron chi connectivity index (χ0n) is 19.7. The van der Waals surface area contributed by atoms with Crippen molar-refractivity contribution in [3.8, 4) is 28.6 Å². The number of benzene rings is 3. The standard InChI is InChI=1S/C26H24ClN5O3S/c1-3-35-22-14-12-21(13-15-22)32-25(18-8-10-20(27)11-9-18)30-31-26(32)36-17-24(33)29-28-16-19-6-4-5-7-23(19)34-2/h4-16H,3,17H2,1-2H3,(H,29,33). The maximum atomic E-state index is 12.5. The van der Waals surface area contributed by atoms with E-state index in [1.54, 1.807) is 25.5 Å². The van der Waals surface area contributed by atoms with Crippen molar-refractivity contribution in [1.82, 2.24) is 20.2 Å². The van der Waals surface area contributed by atoms with E-state index in [2.05, 4.69) is 20.7 Å². The molecule has 0 fully saturated rings. The number of nitrogens with zero attached hydrogens (tertiary/aromatic N) is 4. The van der Waals surface area contributed by atoms with Gasteiger partial charge in [-0.25, -0.2) is 5.43 Å². The minimum atomic E-state index is -0.277. The number of para-hydroxylation sites is 1. The van der Waals surface area contributed by atoms with Crippen LogP contribution in [0.1, 0.15) is 12.5 Å². The number of carbonyl (C=O) groups excluding carboxylic acids is 1. The van der Waals surface area contributed by atoms with E-state index in [4.69, 9.17) is 21.1 Å². The molecule has 3 aromatic carbocycles. The smallest absolute Gasteiger partial charge is 0.250 e. The summed E-state index contributed by atoms with van der Waals surface area (Å²) in [5, 5.41) is 14.0. The van der Waals surface area contributed by atoms with Crippen LogP contribution >= 0.6 is 23.4 Å². The van der Waals surface area contributed by atoms with Crippen LogP contribution in [-0.4, -0.2) is 46.4 Å². The lowest BCUT2D eigenvalue weighted by molar-refractivity contribution is -0.118. The number of halogens is 1. The number of nitrogens with one attached hydrogen (secondary N) is 1. The van der Waals surface area contributed by atoms with Gasteiger partial charge in [0.1, 0.15) is 11.5 Å². The van der Waals surface area contributed by atoms with Crippen molar-refractivity contribution in [2.24, 2.45) is 5.10 Å². The van der Waals surface area contributed by atoms with Crippen LogP contribution in [0.15, 0.2) is 83.1 Å². The van der Waals surface area contributed by atoms with Gasteiger partial charge in [-0.1, -0.05) is 35.5 Å². The van der Waals surface area contributed by atoms with Gasteiger partial charge in [0.15, 0.2) is 11.0 Å². The highest BCUT2D eigenvalue weighted by Crippen LogP contribution is 2.29. The van der Waals surface area contributed by atoms with Crippen molar-refractivity contribution in [3.05, 3.63) is 83.4 Å². The lowest BCUT2D eigenvalue weighted by Gasteiger charge is -2.11. The Balaban J connectivity index is 1.52. The molecule has 1 amide bonds. The molecular formula is C26H24ClN5O3S. The number of thioether (sulfide) groups is 1. The third kappa shape index (κ3) is 6.24. The van der Waals surface area contributed by atoms with Gasteiger partial charge in [-0.05, 0) is 67.6 Å². The van der Waals surface area contributed by atoms with Crippen LogP contribution in [0.2, 0.25) is 5.02 Å². The van der Waals surface area contributed by atoms with Gasteiger partial charge in [0, 0.05) is 21.8 Å². The van der Waals surface area contributed by atoms with Crippen molar-refractivity contribution < 1.29 is 14.3 Å². The van der Waals surface area contributed by atoms with E-state index in [-0.39, 0.29) is 11.7 Å². The molecule has 10 heteroatoms. The minimum Gasteiger partial charge on any atom is -0.496 e. The summed E-state index contributed by atoms with van der Waals surface area (Å²) in [7, 11) is 1.58. The molecule has 4 rings (SSSR count). The lowest BCUT2D eigenvalue weighted by Crippen LogP contribution is -2.20. The number of ether oxygens (including phenoxy) is 2. The van der Waals surface area contributed by atoms with E-state index in [9.17, 15) is 4.79 Å². The first-order chi connectivity index (χ1) is 17.6. The molecule has 0 unspecified atom stereocenters. The molecule has 0 saturated carbocycles. The second-order valence-electron chi connectivity index (χ2n) is 7.40. The molecular weight excluding hydrogens is 498 g/mol. The Morgan fingerprint density at radius 1 is 1.08 bits per heavy atom. The average Bonchev–Trinajstić information content (AvgIpc) is 3.33. The van der Waals surface area contributed by atoms with Crippen LogP contribution in [0.3, 0.4) is 0 Å². The number of aromatic nitrogens is 3. The second-order valence-corrected chi connectivity index (χ2v) is 8.78. The molecule has 0 spiro atoms. The van der Waals surface area contributed by atoms with Gasteiger partial charge in [-0.2, -0.15) is 5.10 Å². The Morgan fingerprint density at radius 2 is 1.83 bits per heavy atom. The van der Waals surface area contributed by atoms with Crippen molar-refractivity contribution >= 4 is 35.5 Å². The quantitative estimate of drug-likeness (QED) is 0.174. The molecule has 1 N–H and O–H groups in total. The Kier molecular flexibility index (Phi) is 8.59. The van der Waals surface area contributed by atoms with Crippen molar-refractivity contribution in [2.75, 3.05) is 19.5 Å². The highest BCUT2D eigenvalue weighted by atomic mass is 35.5. The number of hydrazone groups is 1. The van der Waals surface area contributed by atoms with Crippen LogP contribution < -0.4 is 14.9 Å². The highest BCUT2D eigenvalue weighted by molar-refractivity contribution is 7.99. The zero-order valence-corrected chi connectivity index (χ0v) is 21.3. The maximum Gasteiger partial charge on any atom is 0.250 e. The summed E-state index contributed by atoms with van der Waals surface area (Å²) in [6, 6.07) is 22.4. The Hall–Kier alpha value is -3.82. The van der Waals surface area contributed by atoms with Gasteiger partial charge in [-0.15, -0.1) is 10.2 Å². The van der Waals surface area contributed by atoms with Crippen LogP contribution in [0.25, 0.3) is 17.1 Å².